The van der Waals surface area contributed by atoms with Gasteiger partial charge in [0, 0.05) is 24.2 Å². The van der Waals surface area contributed by atoms with Crippen LogP contribution in [0.4, 0.5) is 5.13 Å². The molecular formula is C16H24N4S. The molecule has 2 heterocycles. The van der Waals surface area contributed by atoms with Crippen molar-refractivity contribution in [2.24, 2.45) is 5.73 Å². The van der Waals surface area contributed by atoms with Gasteiger partial charge in [0.1, 0.15) is 0 Å². The molecule has 0 fully saturated rings. The van der Waals surface area contributed by atoms with E-state index in [1.807, 2.05) is 19.1 Å². The van der Waals surface area contributed by atoms with E-state index in [1.165, 1.54) is 4.88 Å². The number of nitrogens with two attached hydrogens (primary N) is 1. The molecular weight excluding hydrogens is 280 g/mol. The molecule has 2 aromatic heterocycles. The lowest BCUT2D eigenvalue weighted by atomic mass is 10.0. The Hall–Kier alpha value is -1.46. The summed E-state index contributed by atoms with van der Waals surface area (Å²) in [5, 5.41) is 1.02. The Morgan fingerprint density at radius 1 is 1.33 bits per heavy atom. The molecule has 2 rings (SSSR count). The Kier molecular flexibility index (Phi) is 5.31. The summed E-state index contributed by atoms with van der Waals surface area (Å²) in [5.41, 5.74) is 9.13. The van der Waals surface area contributed by atoms with Crippen LogP contribution in [0.3, 0.4) is 0 Å². The van der Waals surface area contributed by atoms with Crippen LogP contribution in [0.2, 0.25) is 0 Å². The maximum absolute atomic E-state index is 5.87. The molecule has 1 unspecified atom stereocenters. The first kappa shape index (κ1) is 15.9. The highest BCUT2D eigenvalue weighted by Crippen LogP contribution is 2.31. The van der Waals surface area contributed by atoms with Crippen LogP contribution < -0.4 is 10.6 Å². The van der Waals surface area contributed by atoms with E-state index in [1.54, 1.807) is 11.3 Å². The summed E-state index contributed by atoms with van der Waals surface area (Å²) >= 11 is 1.70. The van der Waals surface area contributed by atoms with E-state index in [0.29, 0.717) is 12.5 Å². The van der Waals surface area contributed by atoms with Crippen molar-refractivity contribution in [1.82, 2.24) is 9.97 Å². The molecule has 0 bridgehead atoms. The fourth-order valence-electron chi connectivity index (χ4n) is 2.24. The number of rotatable bonds is 6. The van der Waals surface area contributed by atoms with Crippen molar-refractivity contribution in [3.05, 3.63) is 40.2 Å². The van der Waals surface area contributed by atoms with Crippen molar-refractivity contribution in [3.8, 4) is 0 Å². The van der Waals surface area contributed by atoms with Gasteiger partial charge in [-0.1, -0.05) is 19.9 Å². The molecule has 4 nitrogen and oxygen atoms in total. The fourth-order valence-corrected chi connectivity index (χ4v) is 3.26. The lowest BCUT2D eigenvalue weighted by molar-refractivity contribution is 0.701. The number of nitrogens with zero attached hydrogens (tertiary/aromatic N) is 3. The van der Waals surface area contributed by atoms with Crippen LogP contribution in [0.25, 0.3) is 0 Å². The Labute approximate surface area is 131 Å². The second kappa shape index (κ2) is 7.00. The zero-order valence-corrected chi connectivity index (χ0v) is 14.1. The second-order valence-corrected chi connectivity index (χ2v) is 6.51. The third-order valence-corrected chi connectivity index (χ3v) is 4.86. The topological polar surface area (TPSA) is 55.0 Å². The minimum absolute atomic E-state index is 0.457. The molecule has 114 valence electrons. The third kappa shape index (κ3) is 3.80. The van der Waals surface area contributed by atoms with Gasteiger partial charge in [-0.3, -0.25) is 4.98 Å². The molecule has 2 N–H and O–H groups in total. The number of hydrogen-bond donors (Lipinski definition) is 1. The number of aryl methyl sites for hydroxylation is 1. The molecule has 0 radical (unpaired) electrons. The van der Waals surface area contributed by atoms with E-state index in [2.05, 4.69) is 36.8 Å². The molecule has 2 aromatic rings. The average Bonchev–Trinajstić information content (AvgIpc) is 2.90. The number of aromatic nitrogens is 2. The quantitative estimate of drug-likeness (QED) is 0.888. The summed E-state index contributed by atoms with van der Waals surface area (Å²) in [6.07, 6.45) is 1.08. The van der Waals surface area contributed by atoms with E-state index in [4.69, 9.17) is 10.7 Å². The smallest absolute Gasteiger partial charge is 0.185 e. The molecule has 0 aromatic carbocycles. The molecule has 21 heavy (non-hydrogen) atoms. The van der Waals surface area contributed by atoms with Crippen molar-refractivity contribution in [2.45, 2.75) is 46.2 Å². The molecule has 0 aliphatic rings. The summed E-state index contributed by atoms with van der Waals surface area (Å²) in [6.45, 7) is 7.73. The largest absolute Gasteiger partial charge is 0.345 e. The third-order valence-electron chi connectivity index (χ3n) is 3.65. The van der Waals surface area contributed by atoms with Crippen molar-refractivity contribution in [3.63, 3.8) is 0 Å². The van der Waals surface area contributed by atoms with Crippen LogP contribution in [0.1, 0.15) is 48.1 Å². The lowest BCUT2D eigenvalue weighted by Gasteiger charge is -2.15. The first-order valence-corrected chi connectivity index (χ1v) is 8.20. The van der Waals surface area contributed by atoms with Crippen LogP contribution in [0, 0.1) is 6.92 Å². The van der Waals surface area contributed by atoms with E-state index in [0.717, 1.165) is 35.2 Å². The fraction of sp³-hybridized carbons (Fsp3) is 0.500. The summed E-state index contributed by atoms with van der Waals surface area (Å²) in [6, 6.07) is 6.11. The number of thiazole rings is 1. The maximum Gasteiger partial charge on any atom is 0.185 e. The Bertz CT molecular complexity index is 594. The number of hydrogen-bond acceptors (Lipinski definition) is 5. The van der Waals surface area contributed by atoms with Gasteiger partial charge < -0.3 is 10.6 Å². The standard InChI is InChI=1S/C16H24N4S/c1-5-11(2)15-14(9-17)21-16(19-15)20(4)10-13-8-6-7-12(3)18-13/h6-8,11H,5,9-10,17H2,1-4H3. The van der Waals surface area contributed by atoms with Gasteiger partial charge in [-0.15, -0.1) is 11.3 Å². The van der Waals surface area contributed by atoms with E-state index in [9.17, 15) is 0 Å². The van der Waals surface area contributed by atoms with Gasteiger partial charge in [-0.25, -0.2) is 4.98 Å². The van der Waals surface area contributed by atoms with Crippen LogP contribution in [0.5, 0.6) is 0 Å². The summed E-state index contributed by atoms with van der Waals surface area (Å²) in [7, 11) is 2.06. The molecule has 5 heteroatoms. The Morgan fingerprint density at radius 3 is 2.71 bits per heavy atom. The zero-order chi connectivity index (χ0) is 15.4. The number of pyridine rings is 1. The van der Waals surface area contributed by atoms with Gasteiger partial charge in [0.25, 0.3) is 0 Å². The van der Waals surface area contributed by atoms with Crippen molar-refractivity contribution in [1.29, 1.82) is 0 Å². The van der Waals surface area contributed by atoms with Gasteiger partial charge in [0.2, 0.25) is 0 Å². The van der Waals surface area contributed by atoms with Crippen LogP contribution in [0.15, 0.2) is 18.2 Å². The predicted octanol–water partition coefficient (Wildman–Crippen LogP) is 3.46. The van der Waals surface area contributed by atoms with Crippen LogP contribution in [-0.2, 0) is 13.1 Å². The Morgan fingerprint density at radius 2 is 2.10 bits per heavy atom. The summed E-state index contributed by atoms with van der Waals surface area (Å²) < 4.78 is 0. The average molecular weight is 304 g/mol. The molecule has 0 aliphatic carbocycles. The summed E-state index contributed by atoms with van der Waals surface area (Å²) in [5.74, 6) is 0.457. The monoisotopic (exact) mass is 304 g/mol. The van der Waals surface area contributed by atoms with Crippen molar-refractivity contribution < 1.29 is 0 Å². The van der Waals surface area contributed by atoms with Crippen LogP contribution >= 0.6 is 11.3 Å². The highest BCUT2D eigenvalue weighted by atomic mass is 32.1. The highest BCUT2D eigenvalue weighted by molar-refractivity contribution is 7.15. The number of anilines is 1. The zero-order valence-electron chi connectivity index (χ0n) is 13.3. The Balaban J connectivity index is 2.19. The summed E-state index contributed by atoms with van der Waals surface area (Å²) in [4.78, 5) is 12.7. The second-order valence-electron chi connectivity index (χ2n) is 5.44. The molecule has 0 saturated carbocycles. The normalized spacial score (nSPS) is 12.4. The SMILES string of the molecule is CCC(C)c1nc(N(C)Cc2cccc(C)n2)sc1CN. The van der Waals surface area contributed by atoms with Gasteiger partial charge >= 0.3 is 0 Å². The minimum atomic E-state index is 0.457. The van der Waals surface area contributed by atoms with Gasteiger partial charge in [0.05, 0.1) is 17.9 Å². The van der Waals surface area contributed by atoms with Crippen molar-refractivity contribution in [2.75, 3.05) is 11.9 Å². The highest BCUT2D eigenvalue weighted by Gasteiger charge is 2.17. The first-order chi connectivity index (χ1) is 10.0. The van der Waals surface area contributed by atoms with Gasteiger partial charge in [-0.2, -0.15) is 0 Å². The van der Waals surface area contributed by atoms with E-state index >= 15 is 0 Å². The van der Waals surface area contributed by atoms with Gasteiger partial charge in [-0.05, 0) is 31.4 Å². The lowest BCUT2D eigenvalue weighted by Crippen LogP contribution is -2.17. The van der Waals surface area contributed by atoms with E-state index < -0.39 is 0 Å². The van der Waals surface area contributed by atoms with E-state index in [-0.39, 0.29) is 0 Å². The minimum Gasteiger partial charge on any atom is -0.345 e. The van der Waals surface area contributed by atoms with Crippen molar-refractivity contribution >= 4 is 16.5 Å². The first-order valence-electron chi connectivity index (χ1n) is 7.38. The van der Waals surface area contributed by atoms with Crippen LogP contribution in [-0.4, -0.2) is 17.0 Å². The predicted molar refractivity (Wildman–Crippen MR) is 89.8 cm³/mol. The maximum atomic E-state index is 5.87. The molecule has 0 spiro atoms. The molecule has 0 amide bonds. The van der Waals surface area contributed by atoms with Gasteiger partial charge in [0.15, 0.2) is 5.13 Å². The molecule has 0 aliphatic heterocycles. The molecule has 0 saturated heterocycles. The molecule has 1 atom stereocenters.